The van der Waals surface area contributed by atoms with Gasteiger partial charge in [0.15, 0.2) is 12.0 Å². The zero-order valence-corrected chi connectivity index (χ0v) is 18.2. The molecule has 0 saturated carbocycles. The van der Waals surface area contributed by atoms with Crippen molar-refractivity contribution in [2.75, 3.05) is 6.54 Å². The van der Waals surface area contributed by atoms with E-state index in [4.69, 9.17) is 21.4 Å². The number of halogens is 1. The van der Waals surface area contributed by atoms with E-state index in [1.807, 2.05) is 55.5 Å². The van der Waals surface area contributed by atoms with E-state index < -0.39 is 6.03 Å². The fraction of sp³-hybridized carbons (Fsp3) is 0.261. The van der Waals surface area contributed by atoms with Gasteiger partial charge in [0.25, 0.3) is 5.89 Å². The zero-order valence-electron chi connectivity index (χ0n) is 17.5. The maximum atomic E-state index is 12.1. The van der Waals surface area contributed by atoms with Crippen LogP contribution in [0.15, 0.2) is 58.0 Å². The Kier molecular flexibility index (Phi) is 6.47. The third kappa shape index (κ3) is 5.31. The summed E-state index contributed by atoms with van der Waals surface area (Å²) in [6.07, 6.45) is 3.26. The average molecular weight is 449 g/mol. The van der Waals surface area contributed by atoms with Gasteiger partial charge in [-0.25, -0.2) is 9.79 Å². The zero-order chi connectivity index (χ0) is 22.5. The highest BCUT2D eigenvalue weighted by Crippen LogP contribution is 2.20. The predicted octanol–water partition coefficient (Wildman–Crippen LogP) is 4.21. The van der Waals surface area contributed by atoms with E-state index in [1.54, 1.807) is 4.90 Å². The Labute approximate surface area is 190 Å². The Morgan fingerprint density at radius 2 is 2.12 bits per heavy atom. The summed E-state index contributed by atoms with van der Waals surface area (Å²) in [5, 5.41) is 16.5. The largest absolute Gasteiger partial charge is 0.341 e. The van der Waals surface area contributed by atoms with Crippen molar-refractivity contribution < 1.29 is 9.32 Å². The maximum absolute atomic E-state index is 12.1. The van der Waals surface area contributed by atoms with Crippen LogP contribution in [0, 0.1) is 11.5 Å². The molecule has 1 aliphatic heterocycles. The fourth-order valence-electron chi connectivity index (χ4n) is 3.48. The third-order valence-corrected chi connectivity index (χ3v) is 5.40. The number of aromatic nitrogens is 2. The summed E-state index contributed by atoms with van der Waals surface area (Å²) in [4.78, 5) is 22.2. The van der Waals surface area contributed by atoms with Crippen LogP contribution >= 0.6 is 11.6 Å². The lowest BCUT2D eigenvalue weighted by Crippen LogP contribution is -2.22. The highest BCUT2D eigenvalue weighted by Gasteiger charge is 2.25. The van der Waals surface area contributed by atoms with E-state index in [1.165, 1.54) is 0 Å². The predicted molar refractivity (Wildman–Crippen MR) is 120 cm³/mol. The monoisotopic (exact) mass is 448 g/mol. The van der Waals surface area contributed by atoms with Crippen LogP contribution in [-0.4, -0.2) is 39.4 Å². The van der Waals surface area contributed by atoms with Gasteiger partial charge in [-0.3, -0.25) is 0 Å². The van der Waals surface area contributed by atoms with E-state index in [9.17, 15) is 4.79 Å². The number of hydrogen-bond acceptors (Lipinski definition) is 6. The van der Waals surface area contributed by atoms with E-state index in [2.05, 4.69) is 26.6 Å². The molecule has 0 radical (unpaired) electrons. The third-order valence-electron chi connectivity index (χ3n) is 5.17. The van der Waals surface area contributed by atoms with E-state index in [-0.39, 0.29) is 6.04 Å². The van der Waals surface area contributed by atoms with Gasteiger partial charge in [-0.15, -0.1) is 0 Å². The number of urea groups is 1. The highest BCUT2D eigenvalue weighted by molar-refractivity contribution is 6.30. The quantitative estimate of drug-likeness (QED) is 0.586. The Hall–Kier alpha value is -3.70. The van der Waals surface area contributed by atoms with Crippen molar-refractivity contribution in [3.63, 3.8) is 0 Å². The highest BCUT2D eigenvalue weighted by atomic mass is 35.5. The Bertz CT molecular complexity index is 1180. The molecular formula is C23H21ClN6O2. The van der Waals surface area contributed by atoms with Crippen molar-refractivity contribution in [3.05, 3.63) is 70.5 Å². The molecule has 0 aliphatic carbocycles. The van der Waals surface area contributed by atoms with E-state index in [0.29, 0.717) is 42.7 Å². The molecule has 1 N–H and O–H groups in total. The first-order valence-electron chi connectivity index (χ1n) is 10.2. The van der Waals surface area contributed by atoms with E-state index in [0.717, 1.165) is 22.4 Å². The van der Waals surface area contributed by atoms with Crippen molar-refractivity contribution in [1.82, 2.24) is 20.4 Å². The van der Waals surface area contributed by atoms with Crippen molar-refractivity contribution in [2.45, 2.75) is 32.4 Å². The molecule has 1 fully saturated rings. The summed E-state index contributed by atoms with van der Waals surface area (Å²) in [6.45, 7) is 2.69. The minimum Gasteiger partial charge on any atom is -0.334 e. The second kappa shape index (κ2) is 9.62. The van der Waals surface area contributed by atoms with Gasteiger partial charge >= 0.3 is 6.03 Å². The smallest absolute Gasteiger partial charge is 0.334 e. The van der Waals surface area contributed by atoms with Gasteiger partial charge in [0.05, 0.1) is 6.54 Å². The van der Waals surface area contributed by atoms with Gasteiger partial charge in [0.2, 0.25) is 0 Å². The first kappa shape index (κ1) is 21.5. The van der Waals surface area contributed by atoms with Crippen LogP contribution in [0.3, 0.4) is 0 Å². The van der Waals surface area contributed by atoms with Crippen LogP contribution in [0.25, 0.3) is 11.5 Å². The fourth-order valence-corrected chi connectivity index (χ4v) is 3.69. The lowest BCUT2D eigenvalue weighted by Gasteiger charge is -2.10. The van der Waals surface area contributed by atoms with Gasteiger partial charge in [-0.1, -0.05) is 41.0 Å². The summed E-state index contributed by atoms with van der Waals surface area (Å²) in [7, 11) is 0. The van der Waals surface area contributed by atoms with Crippen LogP contribution in [0.5, 0.6) is 0 Å². The minimum absolute atomic E-state index is 0.0785. The molecular weight excluding hydrogens is 428 g/mol. The molecule has 0 bridgehead atoms. The molecule has 162 valence electrons. The van der Waals surface area contributed by atoms with Crippen LogP contribution in [-0.2, 0) is 13.0 Å². The number of likely N-dealkylation sites (tertiary alicyclic amines) is 1. The first-order chi connectivity index (χ1) is 15.5. The molecule has 2 aromatic carbocycles. The maximum Gasteiger partial charge on any atom is 0.341 e. The molecule has 1 aromatic heterocycles. The molecule has 1 aliphatic rings. The average Bonchev–Trinajstić information content (AvgIpc) is 3.38. The lowest BCUT2D eigenvalue weighted by molar-refractivity contribution is 0.249. The number of amides is 2. The standard InChI is InChI=1S/C23H21ClN6O2/c1-15-9-20(13-30(15)14-25)27-23(31)26-12-16-5-7-18(8-6-16)22-28-21(29-32-22)11-17-3-2-4-19(24)10-17/h2-8,10,15H,9,11-13H2,1H3,(H,26,31)/b27-20+/t15-/m1/s1. The molecule has 9 heteroatoms. The van der Waals surface area contributed by atoms with Crippen molar-refractivity contribution in [3.8, 4) is 17.6 Å². The summed E-state index contributed by atoms with van der Waals surface area (Å²) in [6, 6.07) is 14.7. The van der Waals surface area contributed by atoms with Gasteiger partial charge in [-0.2, -0.15) is 10.2 Å². The number of carbonyl (C=O) groups excluding carboxylic acids is 1. The van der Waals surface area contributed by atoms with E-state index >= 15 is 0 Å². The minimum atomic E-state index is -0.404. The lowest BCUT2D eigenvalue weighted by atomic mass is 10.1. The molecule has 8 nitrogen and oxygen atoms in total. The molecule has 1 saturated heterocycles. The van der Waals surface area contributed by atoms with Crippen LogP contribution in [0.4, 0.5) is 4.79 Å². The van der Waals surface area contributed by atoms with Crippen molar-refractivity contribution in [1.29, 1.82) is 5.26 Å². The number of rotatable bonds is 5. The number of aliphatic imine (C=N–C) groups is 1. The number of nitrogens with zero attached hydrogens (tertiary/aromatic N) is 5. The summed E-state index contributed by atoms with van der Waals surface area (Å²) >= 11 is 6.02. The van der Waals surface area contributed by atoms with Gasteiger partial charge < -0.3 is 14.7 Å². The molecule has 4 rings (SSSR count). The molecule has 2 heterocycles. The molecule has 3 aromatic rings. The number of carbonyl (C=O) groups is 1. The van der Waals surface area contributed by atoms with Crippen LogP contribution < -0.4 is 5.32 Å². The summed E-state index contributed by atoms with van der Waals surface area (Å²) in [5.41, 5.74) is 3.44. The van der Waals surface area contributed by atoms with Gasteiger partial charge in [0, 0.05) is 41.7 Å². The summed E-state index contributed by atoms with van der Waals surface area (Å²) < 4.78 is 5.38. The first-order valence-corrected chi connectivity index (χ1v) is 10.5. The van der Waals surface area contributed by atoms with Crippen LogP contribution in [0.2, 0.25) is 5.02 Å². The molecule has 1 atom stereocenters. The van der Waals surface area contributed by atoms with Crippen molar-refractivity contribution in [2.24, 2.45) is 4.99 Å². The summed E-state index contributed by atoms with van der Waals surface area (Å²) in [5.74, 6) is 1.01. The van der Waals surface area contributed by atoms with Crippen LogP contribution in [0.1, 0.15) is 30.3 Å². The molecule has 0 spiro atoms. The SMILES string of the molecule is C[C@@H]1C/C(=N\C(=O)NCc2ccc(-c3nc(Cc4cccc(Cl)c4)no3)cc2)CN1C#N. The van der Waals surface area contributed by atoms with Gasteiger partial charge in [0.1, 0.15) is 0 Å². The second-order valence-electron chi connectivity index (χ2n) is 7.64. The van der Waals surface area contributed by atoms with Gasteiger partial charge in [-0.05, 0) is 42.3 Å². The van der Waals surface area contributed by atoms with Crippen molar-refractivity contribution >= 4 is 23.3 Å². The topological polar surface area (TPSA) is 107 Å². The molecule has 0 unspecified atom stereocenters. The second-order valence-corrected chi connectivity index (χ2v) is 8.07. The number of benzene rings is 2. The Morgan fingerprint density at radius 3 is 2.84 bits per heavy atom. The number of nitrogens with one attached hydrogen (secondary N) is 1. The normalized spacial score (nSPS) is 16.8. The molecule has 2 amide bonds. The molecule has 32 heavy (non-hydrogen) atoms. The number of nitriles is 1. The Balaban J connectivity index is 1.32. The number of hydrogen-bond donors (Lipinski definition) is 1. The Morgan fingerprint density at radius 1 is 1.31 bits per heavy atom.